The fourth-order valence-electron chi connectivity index (χ4n) is 2.74. The molecule has 0 aliphatic rings. The van der Waals surface area contributed by atoms with Gasteiger partial charge in [0, 0.05) is 11.4 Å². The minimum Gasteiger partial charge on any atom is -0.271 e. The van der Waals surface area contributed by atoms with Gasteiger partial charge in [0.05, 0.1) is 21.9 Å². The second-order valence-corrected chi connectivity index (χ2v) is 10.9. The van der Waals surface area contributed by atoms with Gasteiger partial charge in [0.25, 0.3) is 11.8 Å². The Labute approximate surface area is 181 Å². The molecule has 8 nitrogen and oxygen atoms in total. The van der Waals surface area contributed by atoms with Crippen molar-refractivity contribution in [1.29, 1.82) is 0 Å². The van der Waals surface area contributed by atoms with E-state index in [0.717, 1.165) is 22.8 Å². The predicted octanol–water partition coefficient (Wildman–Crippen LogP) is 3.81. The van der Waals surface area contributed by atoms with Gasteiger partial charge in [-0.25, -0.2) is 9.36 Å². The van der Waals surface area contributed by atoms with Gasteiger partial charge in [-0.05, 0) is 53.7 Å². The van der Waals surface area contributed by atoms with E-state index in [1.165, 1.54) is 44.2 Å². The first-order chi connectivity index (χ1) is 13.7. The molecule has 3 aromatic heterocycles. The summed E-state index contributed by atoms with van der Waals surface area (Å²) >= 11 is 4.06. The van der Waals surface area contributed by atoms with E-state index < -0.39 is 0 Å². The number of aromatic nitrogens is 6. The molecule has 0 aromatic carbocycles. The molecule has 0 saturated heterocycles. The van der Waals surface area contributed by atoms with Crippen molar-refractivity contribution in [3.05, 3.63) is 34.9 Å². The number of rotatable bonds is 6. The maximum Gasteiger partial charge on any atom is 0.260 e. The molecule has 0 aliphatic carbocycles. The molecule has 3 aromatic rings. The first-order valence-corrected chi connectivity index (χ1v) is 11.5. The van der Waals surface area contributed by atoms with Gasteiger partial charge in [0.15, 0.2) is 8.68 Å². The second-order valence-electron chi connectivity index (χ2n) is 6.71. The normalized spacial score (nSPS) is 13.4. The van der Waals surface area contributed by atoms with E-state index in [1.54, 1.807) is 0 Å². The SMILES string of the molecule is Cc1cc(C)n(C(=O)[C@H](C)Sc2nnc(S[C@H](C)C(=O)n3nc(C)cc3C)s2)n1. The minimum atomic E-state index is -0.354. The van der Waals surface area contributed by atoms with Crippen LogP contribution in [-0.2, 0) is 0 Å². The molecule has 0 N–H and O–H groups in total. The van der Waals surface area contributed by atoms with Crippen LogP contribution in [0.2, 0.25) is 0 Å². The molecule has 0 aliphatic heterocycles. The molecule has 0 amide bonds. The molecule has 0 unspecified atom stereocenters. The molecule has 3 rings (SSSR count). The maximum absolute atomic E-state index is 12.6. The van der Waals surface area contributed by atoms with Crippen LogP contribution in [0.15, 0.2) is 20.8 Å². The van der Waals surface area contributed by atoms with Crippen LogP contribution >= 0.6 is 34.9 Å². The van der Waals surface area contributed by atoms with Crippen LogP contribution in [0.3, 0.4) is 0 Å². The number of aryl methyl sites for hydroxylation is 4. The van der Waals surface area contributed by atoms with Crippen molar-refractivity contribution in [2.45, 2.75) is 60.7 Å². The standard InChI is InChI=1S/C18H22N6O2S3/c1-9-7-11(3)23(21-9)15(25)13(5)27-17-19-20-18(29-17)28-14(6)16(26)24-12(4)8-10(2)22-24/h7-8,13-14H,1-6H3/t13-,14+. The van der Waals surface area contributed by atoms with Crippen molar-refractivity contribution in [2.24, 2.45) is 0 Å². The lowest BCUT2D eigenvalue weighted by Crippen LogP contribution is -2.23. The van der Waals surface area contributed by atoms with E-state index in [4.69, 9.17) is 0 Å². The van der Waals surface area contributed by atoms with Crippen LogP contribution in [0, 0.1) is 27.7 Å². The van der Waals surface area contributed by atoms with Crippen molar-refractivity contribution >= 4 is 46.7 Å². The topological polar surface area (TPSA) is 95.6 Å². The molecule has 2 atom stereocenters. The lowest BCUT2D eigenvalue weighted by atomic mass is 10.4. The number of carbonyl (C=O) groups excluding carboxylic acids is 2. The molecule has 29 heavy (non-hydrogen) atoms. The van der Waals surface area contributed by atoms with E-state index in [1.807, 2.05) is 53.7 Å². The monoisotopic (exact) mass is 450 g/mol. The third kappa shape index (κ3) is 4.96. The third-order valence-corrected chi connectivity index (χ3v) is 7.34. The van der Waals surface area contributed by atoms with Gasteiger partial charge < -0.3 is 0 Å². The Balaban J connectivity index is 1.63. The van der Waals surface area contributed by atoms with Crippen molar-refractivity contribution in [1.82, 2.24) is 29.8 Å². The predicted molar refractivity (Wildman–Crippen MR) is 115 cm³/mol. The highest BCUT2D eigenvalue weighted by molar-refractivity contribution is 8.04. The van der Waals surface area contributed by atoms with Crippen LogP contribution in [-0.4, -0.2) is 52.1 Å². The summed E-state index contributed by atoms with van der Waals surface area (Å²) in [6.07, 6.45) is 0. The van der Waals surface area contributed by atoms with Crippen LogP contribution in [0.5, 0.6) is 0 Å². The van der Waals surface area contributed by atoms with Crippen molar-refractivity contribution in [3.8, 4) is 0 Å². The third-order valence-electron chi connectivity index (χ3n) is 4.08. The molecule has 11 heteroatoms. The Morgan fingerprint density at radius 2 is 1.21 bits per heavy atom. The molecule has 0 radical (unpaired) electrons. The molecular formula is C18H22N6O2S3. The van der Waals surface area contributed by atoms with Gasteiger partial charge in [-0.1, -0.05) is 34.9 Å². The molecule has 154 valence electrons. The molecule has 0 bridgehead atoms. The molecule has 3 heterocycles. The van der Waals surface area contributed by atoms with Crippen LogP contribution < -0.4 is 0 Å². The van der Waals surface area contributed by atoms with E-state index >= 15 is 0 Å². The number of nitrogens with zero attached hydrogens (tertiary/aromatic N) is 6. The number of carbonyl (C=O) groups is 2. The van der Waals surface area contributed by atoms with Gasteiger partial charge in [0.1, 0.15) is 0 Å². The molecular weight excluding hydrogens is 428 g/mol. The summed E-state index contributed by atoms with van der Waals surface area (Å²) in [6, 6.07) is 3.74. The summed E-state index contributed by atoms with van der Waals surface area (Å²) in [7, 11) is 0. The first-order valence-electron chi connectivity index (χ1n) is 8.97. The summed E-state index contributed by atoms with van der Waals surface area (Å²) in [5, 5.41) is 16.1. The van der Waals surface area contributed by atoms with Crippen LogP contribution in [0.25, 0.3) is 0 Å². The highest BCUT2D eigenvalue weighted by atomic mass is 32.2. The molecule has 0 saturated carbocycles. The summed E-state index contributed by atoms with van der Waals surface area (Å²) in [5.74, 6) is -0.198. The Hall–Kier alpha value is -1.98. The van der Waals surface area contributed by atoms with E-state index in [-0.39, 0.29) is 22.3 Å². The number of thioether (sulfide) groups is 2. The lowest BCUT2D eigenvalue weighted by molar-refractivity contribution is 0.0889. The average Bonchev–Trinajstić information content (AvgIpc) is 3.32. The van der Waals surface area contributed by atoms with Crippen molar-refractivity contribution < 1.29 is 9.59 Å². The molecule has 0 fully saturated rings. The fourth-order valence-corrected chi connectivity index (χ4v) is 6.12. The summed E-state index contributed by atoms with van der Waals surface area (Å²) in [6.45, 7) is 11.1. The second kappa shape index (κ2) is 8.80. The van der Waals surface area contributed by atoms with Gasteiger partial charge in [-0.15, -0.1) is 10.2 Å². The first kappa shape index (κ1) is 21.7. The summed E-state index contributed by atoms with van der Waals surface area (Å²) in [4.78, 5) is 25.2. The van der Waals surface area contributed by atoms with Gasteiger partial charge in [-0.2, -0.15) is 10.2 Å². The Kier molecular flexibility index (Phi) is 6.59. The van der Waals surface area contributed by atoms with Crippen molar-refractivity contribution in [3.63, 3.8) is 0 Å². The number of hydrogen-bond acceptors (Lipinski definition) is 9. The number of hydrogen-bond donors (Lipinski definition) is 0. The quantitative estimate of drug-likeness (QED) is 0.523. The van der Waals surface area contributed by atoms with E-state index in [0.29, 0.717) is 8.68 Å². The Morgan fingerprint density at radius 1 is 0.828 bits per heavy atom. The Morgan fingerprint density at radius 3 is 1.52 bits per heavy atom. The maximum atomic E-state index is 12.6. The highest BCUT2D eigenvalue weighted by Crippen LogP contribution is 2.34. The molecule has 0 spiro atoms. The minimum absolute atomic E-state index is 0.0990. The zero-order valence-corrected chi connectivity index (χ0v) is 19.5. The zero-order chi connectivity index (χ0) is 21.3. The Bertz CT molecular complexity index is 973. The van der Waals surface area contributed by atoms with Crippen LogP contribution in [0.1, 0.15) is 46.2 Å². The van der Waals surface area contributed by atoms with E-state index in [2.05, 4.69) is 20.4 Å². The average molecular weight is 451 g/mol. The summed E-state index contributed by atoms with van der Waals surface area (Å²) < 4.78 is 4.22. The van der Waals surface area contributed by atoms with Crippen LogP contribution in [0.4, 0.5) is 0 Å². The van der Waals surface area contributed by atoms with Gasteiger partial charge in [0.2, 0.25) is 0 Å². The fraction of sp³-hybridized carbons (Fsp3) is 0.444. The van der Waals surface area contributed by atoms with Gasteiger partial charge in [-0.3, -0.25) is 9.59 Å². The largest absolute Gasteiger partial charge is 0.271 e. The van der Waals surface area contributed by atoms with Gasteiger partial charge >= 0.3 is 0 Å². The highest BCUT2D eigenvalue weighted by Gasteiger charge is 2.23. The van der Waals surface area contributed by atoms with Crippen molar-refractivity contribution in [2.75, 3.05) is 0 Å². The lowest BCUT2D eigenvalue weighted by Gasteiger charge is -2.09. The zero-order valence-electron chi connectivity index (χ0n) is 17.0. The van der Waals surface area contributed by atoms with E-state index in [9.17, 15) is 9.59 Å². The summed E-state index contributed by atoms with van der Waals surface area (Å²) in [5.41, 5.74) is 3.24. The smallest absolute Gasteiger partial charge is 0.260 e.